The number of non-ortho nitro benzene ring substituents is 1. The first-order valence-corrected chi connectivity index (χ1v) is 5.33. The summed E-state index contributed by atoms with van der Waals surface area (Å²) in [6.07, 6.45) is 1.76. The quantitative estimate of drug-likeness (QED) is 0.340. The first-order chi connectivity index (χ1) is 8.97. The minimum absolute atomic E-state index is 0.0714. The van der Waals surface area contributed by atoms with Gasteiger partial charge in [0.25, 0.3) is 5.69 Å². The van der Waals surface area contributed by atoms with Crippen LogP contribution in [-0.4, -0.2) is 34.3 Å². The van der Waals surface area contributed by atoms with Gasteiger partial charge in [-0.2, -0.15) is 0 Å². The summed E-state index contributed by atoms with van der Waals surface area (Å²) in [5, 5.41) is 31.0. The molecule has 0 amide bonds. The summed E-state index contributed by atoms with van der Waals surface area (Å²) in [4.78, 5) is 23.6. The molecular weight excluding hydrogens is 256 g/mol. The lowest BCUT2D eigenvalue weighted by molar-refractivity contribution is -0.394. The fourth-order valence-corrected chi connectivity index (χ4v) is 1.31. The van der Waals surface area contributed by atoms with Crippen molar-refractivity contribution in [3.05, 3.63) is 37.9 Å². The van der Waals surface area contributed by atoms with Crippen LogP contribution in [0.25, 0.3) is 0 Å². The molecule has 1 aromatic rings. The minimum atomic E-state index is -0.889. The predicted molar refractivity (Wildman–Crippen MR) is 67.5 cm³/mol. The van der Waals surface area contributed by atoms with Gasteiger partial charge in [0.15, 0.2) is 0 Å². The second-order valence-corrected chi connectivity index (χ2v) is 3.59. The van der Waals surface area contributed by atoms with E-state index in [-0.39, 0.29) is 5.56 Å². The molecular formula is C10H12N4O5. The summed E-state index contributed by atoms with van der Waals surface area (Å²) in [5.41, 5.74) is 3.98. The Labute approximate surface area is 107 Å². The van der Waals surface area contributed by atoms with Crippen molar-refractivity contribution in [3.63, 3.8) is 0 Å². The molecule has 102 valence electrons. The maximum absolute atomic E-state index is 10.7. The van der Waals surface area contributed by atoms with E-state index < -0.39 is 27.0 Å². The lowest BCUT2D eigenvalue weighted by Gasteiger charge is -2.01. The van der Waals surface area contributed by atoms with Crippen molar-refractivity contribution in [1.82, 2.24) is 0 Å². The molecule has 0 atom stereocenters. The molecule has 9 heteroatoms. The number of aliphatic imine (C=N–C) groups is 1. The smallest absolute Gasteiger partial charge is 0.318 e. The number of benzene rings is 1. The molecule has 19 heavy (non-hydrogen) atoms. The van der Waals surface area contributed by atoms with E-state index in [2.05, 4.69) is 4.99 Å². The predicted octanol–water partition coefficient (Wildman–Crippen LogP) is 0.976. The first-order valence-electron chi connectivity index (χ1n) is 5.33. The molecule has 0 aliphatic heterocycles. The van der Waals surface area contributed by atoms with Crippen LogP contribution in [0.15, 0.2) is 17.1 Å². The van der Waals surface area contributed by atoms with Gasteiger partial charge in [0.1, 0.15) is 0 Å². The molecule has 0 saturated carbocycles. The molecule has 0 aliphatic rings. The van der Waals surface area contributed by atoms with Gasteiger partial charge in [-0.1, -0.05) is 0 Å². The van der Waals surface area contributed by atoms with Gasteiger partial charge in [0.05, 0.1) is 15.9 Å². The van der Waals surface area contributed by atoms with Gasteiger partial charge in [-0.25, -0.2) is 0 Å². The second kappa shape index (κ2) is 6.40. The van der Waals surface area contributed by atoms with E-state index in [1.165, 1.54) is 0 Å². The molecule has 1 aromatic carbocycles. The van der Waals surface area contributed by atoms with Crippen LogP contribution in [0.3, 0.4) is 0 Å². The zero-order chi connectivity index (χ0) is 14.4. The number of hydrogen-bond acceptors (Lipinski definition) is 7. The maximum Gasteiger partial charge on any atom is 0.318 e. The van der Waals surface area contributed by atoms with E-state index in [1.54, 1.807) is 0 Å². The van der Waals surface area contributed by atoms with Crippen LogP contribution in [0, 0.1) is 20.2 Å². The Balaban J connectivity index is 3.18. The average molecular weight is 268 g/mol. The van der Waals surface area contributed by atoms with Crippen LogP contribution in [0.4, 0.5) is 11.4 Å². The number of nitrogens with two attached hydrogens (primary N) is 1. The zero-order valence-corrected chi connectivity index (χ0v) is 9.85. The largest absolute Gasteiger partial charge is 0.502 e. The highest BCUT2D eigenvalue weighted by atomic mass is 16.6. The van der Waals surface area contributed by atoms with Crippen LogP contribution in [0.2, 0.25) is 0 Å². The summed E-state index contributed by atoms with van der Waals surface area (Å²) >= 11 is 0. The fraction of sp³-hybridized carbons (Fsp3) is 0.300. The van der Waals surface area contributed by atoms with Crippen molar-refractivity contribution in [2.24, 2.45) is 10.7 Å². The molecule has 0 spiro atoms. The Bertz CT molecular complexity index is 529. The zero-order valence-electron chi connectivity index (χ0n) is 9.85. The highest BCUT2D eigenvalue weighted by Crippen LogP contribution is 2.33. The van der Waals surface area contributed by atoms with Gasteiger partial charge in [-0.05, 0) is 13.0 Å². The Hall–Kier alpha value is -2.55. The molecule has 0 heterocycles. The molecule has 0 unspecified atom stereocenters. The van der Waals surface area contributed by atoms with Crippen LogP contribution in [-0.2, 0) is 0 Å². The lowest BCUT2D eigenvalue weighted by Crippen LogP contribution is -2.00. The van der Waals surface area contributed by atoms with Gasteiger partial charge < -0.3 is 10.8 Å². The lowest BCUT2D eigenvalue weighted by atomic mass is 10.1. The topological polar surface area (TPSA) is 145 Å². The van der Waals surface area contributed by atoms with Gasteiger partial charge in [0, 0.05) is 24.4 Å². The number of nitro benzene ring substituents is 2. The number of phenolic OH excluding ortho intramolecular Hbond substituents is 1. The number of phenols is 1. The van der Waals surface area contributed by atoms with Crippen molar-refractivity contribution >= 4 is 17.6 Å². The van der Waals surface area contributed by atoms with Crippen molar-refractivity contribution in [3.8, 4) is 5.75 Å². The monoisotopic (exact) mass is 268 g/mol. The number of rotatable bonds is 6. The van der Waals surface area contributed by atoms with Gasteiger partial charge in [-0.15, -0.1) is 0 Å². The highest BCUT2D eigenvalue weighted by Gasteiger charge is 2.22. The van der Waals surface area contributed by atoms with E-state index >= 15 is 0 Å². The minimum Gasteiger partial charge on any atom is -0.502 e. The van der Waals surface area contributed by atoms with Gasteiger partial charge in [-0.3, -0.25) is 25.2 Å². The molecule has 0 radical (unpaired) electrons. The second-order valence-electron chi connectivity index (χ2n) is 3.59. The molecule has 3 N–H and O–H groups in total. The van der Waals surface area contributed by atoms with Crippen LogP contribution in [0.1, 0.15) is 12.0 Å². The van der Waals surface area contributed by atoms with E-state index in [1.807, 2.05) is 0 Å². The van der Waals surface area contributed by atoms with E-state index in [9.17, 15) is 25.3 Å². The number of hydrogen-bond donors (Lipinski definition) is 2. The van der Waals surface area contributed by atoms with Crippen LogP contribution < -0.4 is 5.73 Å². The standard InChI is InChI=1S/C10H12N4O5/c11-2-1-3-12-6-7-4-8(13(16)17)5-9(10(7)15)14(18)19/h4-6,15H,1-3,11H2. The van der Waals surface area contributed by atoms with E-state index in [0.717, 1.165) is 12.3 Å². The van der Waals surface area contributed by atoms with Gasteiger partial charge in [0.2, 0.25) is 5.75 Å². The molecule has 0 bridgehead atoms. The number of nitrogens with zero attached hydrogens (tertiary/aromatic N) is 3. The number of nitro groups is 2. The van der Waals surface area contributed by atoms with E-state index in [0.29, 0.717) is 25.6 Å². The molecule has 0 aromatic heterocycles. The normalized spacial score (nSPS) is 10.8. The summed E-state index contributed by atoms with van der Waals surface area (Å²) in [6.45, 7) is 0.796. The van der Waals surface area contributed by atoms with Crippen molar-refractivity contribution < 1.29 is 15.0 Å². The molecule has 0 saturated heterocycles. The third-order valence-electron chi connectivity index (χ3n) is 2.23. The van der Waals surface area contributed by atoms with Crippen molar-refractivity contribution in [2.75, 3.05) is 13.1 Å². The summed E-state index contributed by atoms with van der Waals surface area (Å²) in [5.74, 6) is -0.646. The van der Waals surface area contributed by atoms with Gasteiger partial charge >= 0.3 is 5.69 Å². The fourth-order valence-electron chi connectivity index (χ4n) is 1.31. The first kappa shape index (κ1) is 14.5. The van der Waals surface area contributed by atoms with Crippen molar-refractivity contribution in [1.29, 1.82) is 0 Å². The number of aromatic hydroxyl groups is 1. The molecule has 0 fully saturated rings. The van der Waals surface area contributed by atoms with Crippen LogP contribution in [0.5, 0.6) is 5.75 Å². The Morgan fingerprint density at radius 1 is 1.32 bits per heavy atom. The Morgan fingerprint density at radius 2 is 2.00 bits per heavy atom. The van der Waals surface area contributed by atoms with E-state index in [4.69, 9.17) is 5.73 Å². The molecule has 1 rings (SSSR count). The third kappa shape index (κ3) is 3.71. The molecule has 0 aliphatic carbocycles. The Morgan fingerprint density at radius 3 is 2.53 bits per heavy atom. The summed E-state index contributed by atoms with van der Waals surface area (Å²) in [6, 6.07) is 1.72. The average Bonchev–Trinajstić information content (AvgIpc) is 2.35. The van der Waals surface area contributed by atoms with Crippen LogP contribution >= 0.6 is 0 Å². The van der Waals surface area contributed by atoms with Crippen molar-refractivity contribution in [2.45, 2.75) is 6.42 Å². The maximum atomic E-state index is 10.7. The SMILES string of the molecule is NCCCN=Cc1cc([N+](=O)[O-])cc([N+](=O)[O-])c1O. The Kier molecular flexibility index (Phi) is 4.89. The summed E-state index contributed by atoms with van der Waals surface area (Å²) < 4.78 is 0. The molecule has 9 nitrogen and oxygen atoms in total. The highest BCUT2D eigenvalue weighted by molar-refractivity contribution is 5.87. The third-order valence-corrected chi connectivity index (χ3v) is 2.23. The summed E-state index contributed by atoms with van der Waals surface area (Å²) in [7, 11) is 0.